The number of benzene rings is 1. The first-order valence-corrected chi connectivity index (χ1v) is 10.0. The number of amides is 2. The Morgan fingerprint density at radius 2 is 2.16 bits per heavy atom. The van der Waals surface area contributed by atoms with Gasteiger partial charge in [0.25, 0.3) is 5.91 Å². The Kier molecular flexibility index (Phi) is 5.93. The minimum Gasteiger partial charge on any atom is -0.305 e. The SMILES string of the molecule is Cc1ccc(C=C2SC(=S)N(CCC(=O)NC3=NCCS3)C2=O)cc1. The molecule has 0 aromatic heterocycles. The second-order valence-electron chi connectivity index (χ2n) is 5.58. The molecule has 0 bridgehead atoms. The number of aryl methyl sites for hydroxylation is 1. The maximum atomic E-state index is 12.5. The van der Waals surface area contributed by atoms with Crippen molar-refractivity contribution in [2.24, 2.45) is 4.99 Å². The largest absolute Gasteiger partial charge is 0.305 e. The van der Waals surface area contributed by atoms with Gasteiger partial charge in [-0.3, -0.25) is 19.5 Å². The summed E-state index contributed by atoms with van der Waals surface area (Å²) in [5, 5.41) is 3.42. The second-order valence-corrected chi connectivity index (χ2v) is 8.34. The van der Waals surface area contributed by atoms with Crippen molar-refractivity contribution in [1.82, 2.24) is 10.2 Å². The molecule has 2 aliphatic rings. The molecule has 1 aromatic carbocycles. The molecule has 1 aromatic rings. The Hall–Kier alpha value is -1.64. The van der Waals surface area contributed by atoms with E-state index in [2.05, 4.69) is 10.3 Å². The number of amidine groups is 1. The van der Waals surface area contributed by atoms with E-state index in [-0.39, 0.29) is 24.8 Å². The first-order valence-electron chi connectivity index (χ1n) is 7.82. The van der Waals surface area contributed by atoms with Crippen LogP contribution in [0.3, 0.4) is 0 Å². The molecule has 3 rings (SSSR count). The number of aliphatic imine (C=N–C) groups is 1. The first kappa shape index (κ1) is 18.2. The Labute approximate surface area is 160 Å². The van der Waals surface area contributed by atoms with Crippen LogP contribution >= 0.6 is 35.7 Å². The van der Waals surface area contributed by atoms with Crippen LogP contribution in [0, 0.1) is 6.92 Å². The highest BCUT2D eigenvalue weighted by Crippen LogP contribution is 2.32. The Balaban J connectivity index is 1.59. The van der Waals surface area contributed by atoms with E-state index in [1.165, 1.54) is 34.0 Å². The zero-order chi connectivity index (χ0) is 17.8. The van der Waals surface area contributed by atoms with Gasteiger partial charge in [0.1, 0.15) is 4.32 Å². The molecule has 1 N–H and O–H groups in total. The van der Waals surface area contributed by atoms with Gasteiger partial charge in [0.05, 0.1) is 11.4 Å². The summed E-state index contributed by atoms with van der Waals surface area (Å²) in [6.45, 7) is 3.03. The molecule has 5 nitrogen and oxygen atoms in total. The molecule has 0 atom stereocenters. The van der Waals surface area contributed by atoms with E-state index in [9.17, 15) is 9.59 Å². The molecule has 1 saturated heterocycles. The molecule has 0 radical (unpaired) electrons. The molecule has 25 heavy (non-hydrogen) atoms. The maximum absolute atomic E-state index is 12.5. The zero-order valence-corrected chi connectivity index (χ0v) is 16.1. The van der Waals surface area contributed by atoms with Gasteiger partial charge in [-0.25, -0.2) is 0 Å². The molecule has 2 heterocycles. The van der Waals surface area contributed by atoms with Gasteiger partial charge >= 0.3 is 0 Å². The number of hydrogen-bond donors (Lipinski definition) is 1. The van der Waals surface area contributed by atoms with Crippen molar-refractivity contribution in [2.45, 2.75) is 13.3 Å². The average molecular weight is 392 g/mol. The maximum Gasteiger partial charge on any atom is 0.266 e. The summed E-state index contributed by atoms with van der Waals surface area (Å²) in [7, 11) is 0. The van der Waals surface area contributed by atoms with E-state index in [1.54, 1.807) is 0 Å². The molecule has 130 valence electrons. The van der Waals surface area contributed by atoms with Crippen molar-refractivity contribution in [3.05, 3.63) is 40.3 Å². The number of thioether (sulfide) groups is 2. The van der Waals surface area contributed by atoms with E-state index < -0.39 is 0 Å². The molecular formula is C17H17N3O2S3. The molecule has 2 aliphatic heterocycles. The van der Waals surface area contributed by atoms with Crippen LogP contribution in [0.25, 0.3) is 6.08 Å². The number of nitrogens with one attached hydrogen (secondary N) is 1. The monoisotopic (exact) mass is 391 g/mol. The summed E-state index contributed by atoms with van der Waals surface area (Å²) in [5.74, 6) is 0.606. The predicted molar refractivity (Wildman–Crippen MR) is 109 cm³/mol. The van der Waals surface area contributed by atoms with Gasteiger partial charge in [0, 0.05) is 18.7 Å². The number of thiocarbonyl (C=S) groups is 1. The molecule has 8 heteroatoms. The third-order valence-corrected chi connectivity index (χ3v) is 5.91. The molecule has 0 spiro atoms. The predicted octanol–water partition coefficient (Wildman–Crippen LogP) is 2.81. The van der Waals surface area contributed by atoms with Crippen LogP contribution in [0.15, 0.2) is 34.2 Å². The van der Waals surface area contributed by atoms with Crippen LogP contribution in [0.2, 0.25) is 0 Å². The summed E-state index contributed by atoms with van der Waals surface area (Å²) in [5.41, 5.74) is 2.13. The smallest absolute Gasteiger partial charge is 0.266 e. The lowest BCUT2D eigenvalue weighted by molar-refractivity contribution is -0.123. The topological polar surface area (TPSA) is 61.8 Å². The van der Waals surface area contributed by atoms with Crippen molar-refractivity contribution < 1.29 is 9.59 Å². The highest BCUT2D eigenvalue weighted by molar-refractivity contribution is 8.26. The van der Waals surface area contributed by atoms with E-state index in [0.717, 1.165) is 17.9 Å². The van der Waals surface area contributed by atoms with Crippen LogP contribution in [0.1, 0.15) is 17.5 Å². The van der Waals surface area contributed by atoms with Crippen LogP contribution in [0.4, 0.5) is 0 Å². The van der Waals surface area contributed by atoms with Crippen molar-refractivity contribution in [1.29, 1.82) is 0 Å². The second kappa shape index (κ2) is 8.16. The molecular weight excluding hydrogens is 374 g/mol. The van der Waals surface area contributed by atoms with Gasteiger partial charge < -0.3 is 5.32 Å². The number of nitrogens with zero attached hydrogens (tertiary/aromatic N) is 2. The zero-order valence-electron chi connectivity index (χ0n) is 13.7. The van der Waals surface area contributed by atoms with Crippen LogP contribution in [-0.4, -0.2) is 45.0 Å². The summed E-state index contributed by atoms with van der Waals surface area (Å²) >= 11 is 8.10. The molecule has 1 fully saturated rings. The third kappa shape index (κ3) is 4.71. The fourth-order valence-electron chi connectivity index (χ4n) is 2.31. The van der Waals surface area contributed by atoms with Crippen molar-refractivity contribution in [2.75, 3.05) is 18.8 Å². The van der Waals surface area contributed by atoms with Gasteiger partial charge in [-0.2, -0.15) is 0 Å². The Bertz CT molecular complexity index is 772. The van der Waals surface area contributed by atoms with Crippen LogP contribution < -0.4 is 5.32 Å². The minimum absolute atomic E-state index is 0.143. The number of hydrogen-bond acceptors (Lipinski definition) is 6. The van der Waals surface area contributed by atoms with Gasteiger partial charge in [-0.05, 0) is 18.6 Å². The van der Waals surface area contributed by atoms with Gasteiger partial charge in [0.15, 0.2) is 5.17 Å². The molecule has 2 amide bonds. The van der Waals surface area contributed by atoms with E-state index in [0.29, 0.717) is 14.4 Å². The summed E-state index contributed by atoms with van der Waals surface area (Å²) in [6.07, 6.45) is 2.03. The lowest BCUT2D eigenvalue weighted by Crippen LogP contribution is -2.34. The summed E-state index contributed by atoms with van der Waals surface area (Å²) in [6, 6.07) is 7.94. The van der Waals surface area contributed by atoms with Crippen LogP contribution in [-0.2, 0) is 9.59 Å². The van der Waals surface area contributed by atoms with Crippen molar-refractivity contribution in [3.63, 3.8) is 0 Å². The lowest BCUT2D eigenvalue weighted by Gasteiger charge is -2.13. The van der Waals surface area contributed by atoms with Crippen LogP contribution in [0.5, 0.6) is 0 Å². The molecule has 0 aliphatic carbocycles. The highest BCUT2D eigenvalue weighted by atomic mass is 32.2. The lowest BCUT2D eigenvalue weighted by atomic mass is 10.1. The minimum atomic E-state index is -0.148. The van der Waals surface area contributed by atoms with Gasteiger partial charge in [0.2, 0.25) is 5.91 Å². The van der Waals surface area contributed by atoms with E-state index >= 15 is 0 Å². The first-order chi connectivity index (χ1) is 12.0. The number of carbonyl (C=O) groups is 2. The van der Waals surface area contributed by atoms with E-state index in [1.807, 2.05) is 37.3 Å². The summed E-state index contributed by atoms with van der Waals surface area (Å²) < 4.78 is 0.490. The van der Waals surface area contributed by atoms with E-state index in [4.69, 9.17) is 12.2 Å². The standard InChI is InChI=1S/C17H17N3O2S3/c1-11-2-4-12(5-3-11)10-13-15(22)20(17(23)25-13)8-6-14(21)19-16-18-7-9-24-16/h2-5,10H,6-9H2,1H3,(H,18,19,21). The Morgan fingerprint density at radius 1 is 1.40 bits per heavy atom. The quantitative estimate of drug-likeness (QED) is 0.632. The number of rotatable bonds is 4. The molecule has 0 unspecified atom stereocenters. The van der Waals surface area contributed by atoms with Crippen molar-refractivity contribution >= 4 is 63.1 Å². The average Bonchev–Trinajstić information content (AvgIpc) is 3.17. The third-order valence-electron chi connectivity index (χ3n) is 3.64. The summed E-state index contributed by atoms with van der Waals surface area (Å²) in [4.78, 5) is 30.8. The number of carbonyl (C=O) groups excluding carboxylic acids is 2. The van der Waals surface area contributed by atoms with Gasteiger partial charge in [-0.15, -0.1) is 0 Å². The van der Waals surface area contributed by atoms with Crippen molar-refractivity contribution in [3.8, 4) is 0 Å². The normalized spacial score (nSPS) is 18.8. The fourth-order valence-corrected chi connectivity index (χ4v) is 4.37. The fraction of sp³-hybridized carbons (Fsp3) is 0.294. The highest BCUT2D eigenvalue weighted by Gasteiger charge is 2.32. The van der Waals surface area contributed by atoms with Gasteiger partial charge in [-0.1, -0.05) is 65.6 Å². The Morgan fingerprint density at radius 3 is 2.84 bits per heavy atom. The molecule has 0 saturated carbocycles.